The van der Waals surface area contributed by atoms with Gasteiger partial charge >= 0.3 is 0 Å². The fourth-order valence-electron chi connectivity index (χ4n) is 2.96. The van der Waals surface area contributed by atoms with Crippen LogP contribution in [0.5, 0.6) is 0 Å². The maximum absolute atomic E-state index is 12.8. The van der Waals surface area contributed by atoms with Gasteiger partial charge in [-0.25, -0.2) is 0 Å². The number of carbonyl (C=O) groups is 1. The van der Waals surface area contributed by atoms with Gasteiger partial charge in [0, 0.05) is 4.47 Å². The summed E-state index contributed by atoms with van der Waals surface area (Å²) in [6.45, 7) is 3.90. The molecular weight excluding hydrogens is 400 g/mol. The van der Waals surface area contributed by atoms with Crippen molar-refractivity contribution in [3.8, 4) is 0 Å². The molecule has 0 bridgehead atoms. The Labute approximate surface area is 168 Å². The highest BCUT2D eigenvalue weighted by Crippen LogP contribution is 2.25. The standard InChI is InChI=1S/C23H23BrN2O/c1-16-13-14-21(20(24)15-16)26-23(27)17(2)25-22(18-9-5-3-6-10-18)19-11-7-4-8-12-19/h3-15,17,22,25H,1-2H3,(H,26,27). The average molecular weight is 423 g/mol. The first kappa shape index (κ1) is 19.3. The molecule has 1 atom stereocenters. The Hall–Kier alpha value is -2.43. The van der Waals surface area contributed by atoms with Crippen molar-refractivity contribution in [3.05, 3.63) is 100 Å². The van der Waals surface area contributed by atoms with Gasteiger partial charge in [0.2, 0.25) is 5.91 Å². The van der Waals surface area contributed by atoms with Crippen molar-refractivity contribution < 1.29 is 4.79 Å². The van der Waals surface area contributed by atoms with E-state index in [0.717, 1.165) is 26.9 Å². The van der Waals surface area contributed by atoms with Crippen LogP contribution < -0.4 is 10.6 Å². The number of benzene rings is 3. The number of anilines is 1. The predicted molar refractivity (Wildman–Crippen MR) is 115 cm³/mol. The molecule has 1 unspecified atom stereocenters. The summed E-state index contributed by atoms with van der Waals surface area (Å²) < 4.78 is 0.880. The molecule has 0 saturated heterocycles. The summed E-state index contributed by atoms with van der Waals surface area (Å²) in [6, 6.07) is 25.8. The first-order valence-corrected chi connectivity index (χ1v) is 9.77. The third-order valence-electron chi connectivity index (χ3n) is 4.46. The van der Waals surface area contributed by atoms with Gasteiger partial charge in [0.1, 0.15) is 0 Å². The summed E-state index contributed by atoms with van der Waals surface area (Å²) in [5, 5.41) is 6.47. The highest BCUT2D eigenvalue weighted by atomic mass is 79.9. The fourth-order valence-corrected chi connectivity index (χ4v) is 3.56. The van der Waals surface area contributed by atoms with Crippen LogP contribution in [0.15, 0.2) is 83.3 Å². The third kappa shape index (κ3) is 5.06. The molecule has 2 N–H and O–H groups in total. The number of carbonyl (C=O) groups excluding carboxylic acids is 1. The van der Waals surface area contributed by atoms with Gasteiger partial charge in [-0.3, -0.25) is 10.1 Å². The van der Waals surface area contributed by atoms with Gasteiger partial charge in [0.15, 0.2) is 0 Å². The molecule has 0 saturated carbocycles. The van der Waals surface area contributed by atoms with E-state index in [1.807, 2.05) is 68.4 Å². The Morgan fingerprint density at radius 3 is 1.96 bits per heavy atom. The van der Waals surface area contributed by atoms with Gasteiger partial charge in [-0.05, 0) is 58.6 Å². The highest BCUT2D eigenvalue weighted by Gasteiger charge is 2.21. The Balaban J connectivity index is 1.78. The van der Waals surface area contributed by atoms with Crippen molar-refractivity contribution in [3.63, 3.8) is 0 Å². The normalized spacial score (nSPS) is 12.0. The van der Waals surface area contributed by atoms with Gasteiger partial charge in [-0.2, -0.15) is 0 Å². The largest absolute Gasteiger partial charge is 0.324 e. The predicted octanol–water partition coefficient (Wildman–Crippen LogP) is 5.46. The van der Waals surface area contributed by atoms with E-state index in [1.54, 1.807) is 0 Å². The zero-order chi connectivity index (χ0) is 19.2. The molecule has 0 spiro atoms. The van der Waals surface area contributed by atoms with Crippen molar-refractivity contribution in [2.45, 2.75) is 25.9 Å². The van der Waals surface area contributed by atoms with Gasteiger partial charge in [-0.1, -0.05) is 66.7 Å². The minimum atomic E-state index is -0.372. The van der Waals surface area contributed by atoms with E-state index in [1.165, 1.54) is 0 Å². The number of rotatable bonds is 6. The van der Waals surface area contributed by atoms with Crippen molar-refractivity contribution in [2.75, 3.05) is 5.32 Å². The molecule has 3 nitrogen and oxygen atoms in total. The molecule has 0 aromatic heterocycles. The molecule has 0 aliphatic carbocycles. The molecule has 27 heavy (non-hydrogen) atoms. The van der Waals surface area contributed by atoms with E-state index < -0.39 is 0 Å². The molecule has 138 valence electrons. The van der Waals surface area contributed by atoms with E-state index in [0.29, 0.717) is 0 Å². The number of halogens is 1. The summed E-state index contributed by atoms with van der Waals surface area (Å²) in [4.78, 5) is 12.8. The Bertz CT molecular complexity index is 857. The van der Waals surface area contributed by atoms with Crippen LogP contribution in [0.4, 0.5) is 5.69 Å². The summed E-state index contributed by atoms with van der Waals surface area (Å²) >= 11 is 3.51. The van der Waals surface area contributed by atoms with Gasteiger partial charge in [0.25, 0.3) is 0 Å². The van der Waals surface area contributed by atoms with Crippen LogP contribution in [0.25, 0.3) is 0 Å². The Morgan fingerprint density at radius 1 is 0.889 bits per heavy atom. The van der Waals surface area contributed by atoms with Crippen LogP contribution in [-0.4, -0.2) is 11.9 Å². The second kappa shape index (κ2) is 8.98. The molecule has 0 radical (unpaired) electrons. The van der Waals surface area contributed by atoms with Crippen LogP contribution in [0, 0.1) is 6.92 Å². The molecule has 3 aromatic carbocycles. The van der Waals surface area contributed by atoms with E-state index in [2.05, 4.69) is 50.8 Å². The van der Waals surface area contributed by atoms with Crippen LogP contribution >= 0.6 is 15.9 Å². The number of nitrogens with one attached hydrogen (secondary N) is 2. The quantitative estimate of drug-likeness (QED) is 0.553. The van der Waals surface area contributed by atoms with E-state index in [4.69, 9.17) is 0 Å². The smallest absolute Gasteiger partial charge is 0.241 e. The second-order valence-electron chi connectivity index (χ2n) is 6.62. The van der Waals surface area contributed by atoms with E-state index in [9.17, 15) is 4.79 Å². The van der Waals surface area contributed by atoms with Crippen molar-refractivity contribution >= 4 is 27.5 Å². The lowest BCUT2D eigenvalue weighted by Gasteiger charge is -2.24. The lowest BCUT2D eigenvalue weighted by Crippen LogP contribution is -2.40. The van der Waals surface area contributed by atoms with Crippen LogP contribution in [-0.2, 0) is 4.79 Å². The topological polar surface area (TPSA) is 41.1 Å². The number of hydrogen-bond acceptors (Lipinski definition) is 2. The van der Waals surface area contributed by atoms with E-state index in [-0.39, 0.29) is 18.0 Å². The van der Waals surface area contributed by atoms with Gasteiger partial charge in [0.05, 0.1) is 17.8 Å². The van der Waals surface area contributed by atoms with Gasteiger partial charge < -0.3 is 5.32 Å². The molecule has 4 heteroatoms. The lowest BCUT2D eigenvalue weighted by molar-refractivity contribution is -0.117. The summed E-state index contributed by atoms with van der Waals surface area (Å²) in [7, 11) is 0. The average Bonchev–Trinajstić information content (AvgIpc) is 2.69. The van der Waals surface area contributed by atoms with E-state index >= 15 is 0 Å². The Morgan fingerprint density at radius 2 is 1.44 bits per heavy atom. The SMILES string of the molecule is Cc1ccc(NC(=O)C(C)NC(c2ccccc2)c2ccccc2)c(Br)c1. The lowest BCUT2D eigenvalue weighted by atomic mass is 9.98. The summed E-state index contributed by atoms with van der Waals surface area (Å²) in [6.07, 6.45) is 0. The third-order valence-corrected chi connectivity index (χ3v) is 5.11. The molecule has 0 aliphatic rings. The number of amides is 1. The Kier molecular flexibility index (Phi) is 6.43. The zero-order valence-electron chi connectivity index (χ0n) is 15.4. The van der Waals surface area contributed by atoms with Crippen LogP contribution in [0.1, 0.15) is 29.7 Å². The second-order valence-corrected chi connectivity index (χ2v) is 7.47. The molecule has 0 heterocycles. The van der Waals surface area contributed by atoms with Crippen molar-refractivity contribution in [1.29, 1.82) is 0 Å². The van der Waals surface area contributed by atoms with Crippen LogP contribution in [0.2, 0.25) is 0 Å². The van der Waals surface area contributed by atoms with Gasteiger partial charge in [-0.15, -0.1) is 0 Å². The molecule has 3 aromatic rings. The number of hydrogen-bond donors (Lipinski definition) is 2. The maximum Gasteiger partial charge on any atom is 0.241 e. The number of aryl methyl sites for hydroxylation is 1. The highest BCUT2D eigenvalue weighted by molar-refractivity contribution is 9.10. The zero-order valence-corrected chi connectivity index (χ0v) is 17.0. The minimum Gasteiger partial charge on any atom is -0.324 e. The molecule has 1 amide bonds. The summed E-state index contributed by atoms with van der Waals surface area (Å²) in [5.74, 6) is -0.0728. The van der Waals surface area contributed by atoms with Crippen molar-refractivity contribution in [1.82, 2.24) is 5.32 Å². The summed E-state index contributed by atoms with van der Waals surface area (Å²) in [5.41, 5.74) is 4.16. The molecule has 3 rings (SSSR count). The monoisotopic (exact) mass is 422 g/mol. The maximum atomic E-state index is 12.8. The molecule has 0 fully saturated rings. The molecule has 0 aliphatic heterocycles. The van der Waals surface area contributed by atoms with Crippen molar-refractivity contribution in [2.24, 2.45) is 0 Å². The first-order valence-electron chi connectivity index (χ1n) is 8.97. The first-order chi connectivity index (χ1) is 13.0. The fraction of sp³-hybridized carbons (Fsp3) is 0.174. The molecular formula is C23H23BrN2O. The minimum absolute atomic E-state index is 0.0605. The van der Waals surface area contributed by atoms with Crippen LogP contribution in [0.3, 0.4) is 0 Å².